The van der Waals surface area contributed by atoms with Gasteiger partial charge in [0.2, 0.25) is 65.0 Å². The minimum Gasteiger partial charge on any atom is -0.508 e. The summed E-state index contributed by atoms with van der Waals surface area (Å²) in [6, 6.07) is -8.64. The highest BCUT2D eigenvalue weighted by atomic mass is 16.3. The fourth-order valence-corrected chi connectivity index (χ4v) is 12.1. The number of nitrogens with one attached hydrogen (secondary N) is 13. The summed E-state index contributed by atoms with van der Waals surface area (Å²) >= 11 is 0. The van der Waals surface area contributed by atoms with Gasteiger partial charge in [0, 0.05) is 6.42 Å². The van der Waals surface area contributed by atoms with Crippen molar-refractivity contribution in [3.05, 3.63) is 41.6 Å². The fourth-order valence-electron chi connectivity index (χ4n) is 12.1. The third-order valence-corrected chi connectivity index (χ3v) is 19.6. The number of carbonyl (C=O) groups is 13. The maximum atomic E-state index is 14.7. The molecule has 22 N–H and O–H groups in total. The maximum absolute atomic E-state index is 14.7. The van der Waals surface area contributed by atoms with Gasteiger partial charge in [-0.05, 0) is 168 Å². The molecule has 1 rings (SSSR count). The van der Waals surface area contributed by atoms with Crippen molar-refractivity contribution in [2.24, 2.45) is 70.5 Å². The number of aromatic hydroxyl groups is 1. The number of aliphatic hydroxyl groups excluding tert-OH is 2. The zero-order valence-electron chi connectivity index (χ0n) is 70.2. The number of carbonyl (C=O) groups excluding carboxylic acids is 13. The van der Waals surface area contributed by atoms with Crippen molar-refractivity contribution in [1.82, 2.24) is 69.1 Å². The SMILES string of the molecule is C/C=C(/NC(=O)C(O)[C@@H](C)CC)C(=O)NC(CC(C)C)C(=O)N[C@H](CCCN)C(=O)N[C@H](C(=O)NC(C(=O)N[C@H](C(=O)NC(CCCCN)C(=O)N[C@H](C(=O)NC(CC(C)C)C(=O)NC(CCCCN)C(=O)N[C@H](Cc1ccc(O)cc1)C(=O)NC(CC(C)C)C(=O)NC(CO)C(C)C)C(C)C)C(C)C)C(C)C)[C@@H](C)CC. The summed E-state index contributed by atoms with van der Waals surface area (Å²) in [6.07, 6.45) is 2.98. The smallest absolute Gasteiger partial charge is 0.268 e. The summed E-state index contributed by atoms with van der Waals surface area (Å²) in [7, 11) is 0. The zero-order chi connectivity index (χ0) is 85.4. The van der Waals surface area contributed by atoms with Gasteiger partial charge in [0.25, 0.3) is 11.8 Å². The Balaban J connectivity index is 3.65. The fraction of sp³-hybridized carbons (Fsp3) is 0.738. The summed E-state index contributed by atoms with van der Waals surface area (Å²) in [5, 5.41) is 66.4. The molecule has 15 atom stereocenters. The van der Waals surface area contributed by atoms with Crippen LogP contribution in [-0.4, -0.2) is 197 Å². The van der Waals surface area contributed by atoms with Crippen LogP contribution in [-0.2, 0) is 68.7 Å². The Morgan fingerprint density at radius 1 is 0.375 bits per heavy atom. The van der Waals surface area contributed by atoms with Crippen LogP contribution in [0, 0.1) is 53.3 Å². The molecule has 0 aromatic heterocycles. The van der Waals surface area contributed by atoms with Gasteiger partial charge in [0.1, 0.15) is 84.0 Å². The number of phenols is 1. The summed E-state index contributed by atoms with van der Waals surface area (Å²) < 4.78 is 0. The second kappa shape index (κ2) is 52.9. The molecule has 1 aromatic rings. The molecule has 0 bridgehead atoms. The number of hydrogen-bond donors (Lipinski definition) is 19. The van der Waals surface area contributed by atoms with Crippen molar-refractivity contribution in [3.63, 3.8) is 0 Å². The number of aliphatic hydroxyl groups is 2. The van der Waals surface area contributed by atoms with E-state index in [0.717, 1.165) is 0 Å². The number of allylic oxidation sites excluding steroid dienone is 1. The van der Waals surface area contributed by atoms with Crippen LogP contribution in [0.5, 0.6) is 5.75 Å². The largest absolute Gasteiger partial charge is 0.508 e. The van der Waals surface area contributed by atoms with Crippen molar-refractivity contribution in [3.8, 4) is 5.75 Å². The number of amides is 13. The molecule has 0 fully saturated rings. The molecule has 1 aromatic carbocycles. The minimum absolute atomic E-state index is 0.0213. The molecular formula is C80H142N16O16. The lowest BCUT2D eigenvalue weighted by atomic mass is 9.95. The zero-order valence-corrected chi connectivity index (χ0v) is 70.2. The van der Waals surface area contributed by atoms with Gasteiger partial charge in [-0.2, -0.15) is 0 Å². The molecule has 8 unspecified atom stereocenters. The number of unbranched alkanes of at least 4 members (excludes halogenated alkanes) is 2. The summed E-state index contributed by atoms with van der Waals surface area (Å²) in [4.78, 5) is 186. The molecule has 0 saturated carbocycles. The third-order valence-electron chi connectivity index (χ3n) is 19.6. The first kappa shape index (κ1) is 102. The highest BCUT2D eigenvalue weighted by Gasteiger charge is 2.40. The van der Waals surface area contributed by atoms with E-state index in [2.05, 4.69) is 69.1 Å². The lowest BCUT2D eigenvalue weighted by Crippen LogP contribution is -2.62. The monoisotopic (exact) mass is 1580 g/mol. The highest BCUT2D eigenvalue weighted by Crippen LogP contribution is 2.19. The Morgan fingerprint density at radius 3 is 1.08 bits per heavy atom. The van der Waals surface area contributed by atoms with E-state index in [1.54, 1.807) is 81.4 Å². The van der Waals surface area contributed by atoms with Crippen LogP contribution in [0.2, 0.25) is 0 Å². The first-order chi connectivity index (χ1) is 52.6. The summed E-state index contributed by atoms with van der Waals surface area (Å²) in [6.45, 7) is 33.4. The minimum atomic E-state index is -1.40. The summed E-state index contributed by atoms with van der Waals surface area (Å²) in [5.41, 5.74) is 18.0. The molecule has 112 heavy (non-hydrogen) atoms. The van der Waals surface area contributed by atoms with Gasteiger partial charge in [0.05, 0.1) is 12.6 Å². The Bertz CT molecular complexity index is 3170. The number of benzene rings is 1. The van der Waals surface area contributed by atoms with E-state index in [1.165, 1.54) is 25.1 Å². The van der Waals surface area contributed by atoms with E-state index >= 15 is 0 Å². The first-order valence-electron chi connectivity index (χ1n) is 40.4. The molecule has 0 radical (unpaired) electrons. The van der Waals surface area contributed by atoms with Crippen LogP contribution in [0.15, 0.2) is 36.0 Å². The van der Waals surface area contributed by atoms with Crippen LogP contribution in [0.4, 0.5) is 0 Å². The quantitative estimate of drug-likeness (QED) is 0.0327. The van der Waals surface area contributed by atoms with Gasteiger partial charge < -0.3 is 102 Å². The van der Waals surface area contributed by atoms with Crippen LogP contribution < -0.4 is 86.3 Å². The van der Waals surface area contributed by atoms with Crippen molar-refractivity contribution >= 4 is 76.8 Å². The molecule has 32 nitrogen and oxygen atoms in total. The average Bonchev–Trinajstić information content (AvgIpc) is 0.846. The highest BCUT2D eigenvalue weighted by molar-refractivity contribution is 6.02. The van der Waals surface area contributed by atoms with Crippen LogP contribution in [0.1, 0.15) is 221 Å². The Hall–Kier alpha value is -8.33. The van der Waals surface area contributed by atoms with E-state index < -0.39 is 185 Å². The van der Waals surface area contributed by atoms with E-state index in [4.69, 9.17) is 17.2 Å². The van der Waals surface area contributed by atoms with E-state index in [-0.39, 0.29) is 113 Å². The molecule has 0 aliphatic heterocycles. The number of rotatable bonds is 54. The topological polar surface area (TPSA) is 517 Å². The molecule has 0 saturated heterocycles. The molecule has 32 heteroatoms. The van der Waals surface area contributed by atoms with Crippen molar-refractivity contribution in [2.45, 2.75) is 300 Å². The van der Waals surface area contributed by atoms with E-state index in [9.17, 15) is 77.6 Å². The molecular weight excluding hydrogens is 1440 g/mol. The second-order valence-electron chi connectivity index (χ2n) is 32.3. The standard InChI is InChI=1S/C80H142N16O16/c1-20-50(18)66(96-71(103)57(30-27-37-83)86-72(104)58(38-43(4)5)88-68(100)54(22-3)84-80(112)67(99)51(19)21-2)79(111)95-65(49(16)17)78(110)94-64(48(14)15)76(108)87-56(29-24-26-36-82)70(102)93-63(47(12)13)77(109)91-60(40-45(8)9)73(105)85-55(28-23-25-35-81)69(101)90-61(41-52-31-33-53(98)34-32-52)75(107)89-59(39-44(6)7)74(106)92-62(42-97)46(10)11/h22,31-34,43-51,55-67,97-99H,20-21,23-30,35-42,81-83H2,1-19H3,(H,84,112)(H,85,105)(H,86,104)(H,87,108)(H,88,100)(H,89,107)(H,90,101)(H,91,109)(H,92,106)(H,93,102)(H,94,110)(H,95,111)(H,96,103)/b54-22+/t50-,51-,55?,56?,57+,58?,59?,60?,61+,62?,63-,64-,65?,66-,67?/m0/s1. The van der Waals surface area contributed by atoms with Crippen molar-refractivity contribution in [1.29, 1.82) is 0 Å². The predicted octanol–water partition coefficient (Wildman–Crippen LogP) is 1.98. The number of phenolic OH excluding ortho intramolecular Hbond substituents is 1. The van der Waals surface area contributed by atoms with Gasteiger partial charge in [0.15, 0.2) is 0 Å². The molecule has 0 heterocycles. The number of hydrogen-bond acceptors (Lipinski definition) is 19. The Labute approximate surface area is 664 Å². The van der Waals surface area contributed by atoms with Gasteiger partial charge in [-0.3, -0.25) is 62.3 Å². The lowest BCUT2D eigenvalue weighted by molar-refractivity contribution is -0.137. The molecule has 0 spiro atoms. The van der Waals surface area contributed by atoms with Gasteiger partial charge in [-0.15, -0.1) is 0 Å². The average molecular weight is 1580 g/mol. The van der Waals surface area contributed by atoms with Gasteiger partial charge in [-0.1, -0.05) is 156 Å². The van der Waals surface area contributed by atoms with Gasteiger partial charge >= 0.3 is 0 Å². The molecule has 638 valence electrons. The van der Waals surface area contributed by atoms with Crippen LogP contribution in [0.3, 0.4) is 0 Å². The third kappa shape index (κ3) is 36.7. The van der Waals surface area contributed by atoms with Crippen molar-refractivity contribution < 1.29 is 77.6 Å². The first-order valence-corrected chi connectivity index (χ1v) is 40.4. The van der Waals surface area contributed by atoms with Crippen LogP contribution in [0.25, 0.3) is 0 Å². The maximum Gasteiger partial charge on any atom is 0.268 e. The van der Waals surface area contributed by atoms with Crippen molar-refractivity contribution in [2.75, 3.05) is 26.2 Å². The van der Waals surface area contributed by atoms with E-state index in [1.807, 2.05) is 55.4 Å². The number of nitrogens with two attached hydrogens (primary N) is 3. The summed E-state index contributed by atoms with van der Waals surface area (Å²) in [5.74, 6) is -13.2. The molecule has 13 amide bonds. The van der Waals surface area contributed by atoms with E-state index in [0.29, 0.717) is 44.1 Å². The normalized spacial score (nSPS) is 15.8. The van der Waals surface area contributed by atoms with Crippen LogP contribution >= 0.6 is 0 Å². The Morgan fingerprint density at radius 2 is 0.696 bits per heavy atom. The predicted molar refractivity (Wildman–Crippen MR) is 431 cm³/mol. The Kier molecular flexibility index (Phi) is 48.0. The van der Waals surface area contributed by atoms with Gasteiger partial charge in [-0.25, -0.2) is 0 Å². The second-order valence-corrected chi connectivity index (χ2v) is 32.3. The molecule has 0 aliphatic carbocycles. The lowest BCUT2D eigenvalue weighted by Gasteiger charge is -2.31. The molecule has 0 aliphatic rings.